The molecule has 0 saturated heterocycles. The molecule has 0 aromatic heterocycles. The molecule has 90 valence electrons. The lowest BCUT2D eigenvalue weighted by Crippen LogP contribution is -2.20. The van der Waals surface area contributed by atoms with E-state index in [0.29, 0.717) is 0 Å². The van der Waals surface area contributed by atoms with E-state index in [1.54, 1.807) is 6.92 Å². The molecule has 0 unspecified atom stereocenters. The molecule has 1 rings (SSSR count). The quantitative estimate of drug-likeness (QED) is 0.864. The second kappa shape index (κ2) is 4.65. The zero-order valence-corrected chi connectivity index (χ0v) is 9.38. The highest BCUT2D eigenvalue weighted by molar-refractivity contribution is 5.50. The molecule has 0 aliphatic carbocycles. The molecular formula is C11H14F2O3. The van der Waals surface area contributed by atoms with Gasteiger partial charge in [0.1, 0.15) is 23.7 Å². The third-order valence-electron chi connectivity index (χ3n) is 2.21. The van der Waals surface area contributed by atoms with E-state index in [4.69, 9.17) is 14.6 Å². The van der Waals surface area contributed by atoms with Crippen LogP contribution in [-0.4, -0.2) is 25.9 Å². The van der Waals surface area contributed by atoms with Crippen molar-refractivity contribution in [3.63, 3.8) is 0 Å². The van der Waals surface area contributed by atoms with Crippen LogP contribution in [0.4, 0.5) is 8.78 Å². The van der Waals surface area contributed by atoms with Crippen molar-refractivity contribution in [1.29, 1.82) is 0 Å². The predicted octanol–water partition coefficient (Wildman–Crippen LogP) is 2.10. The van der Waals surface area contributed by atoms with Crippen LogP contribution >= 0.6 is 0 Å². The van der Waals surface area contributed by atoms with Gasteiger partial charge in [-0.3, -0.25) is 0 Å². The van der Waals surface area contributed by atoms with E-state index in [-0.39, 0.29) is 11.5 Å². The molecule has 3 nitrogen and oxygen atoms in total. The van der Waals surface area contributed by atoms with Crippen molar-refractivity contribution >= 4 is 0 Å². The topological polar surface area (TPSA) is 38.7 Å². The molecule has 1 N–H and O–H groups in total. The smallest absolute Gasteiger partial charge is 0.302 e. The van der Waals surface area contributed by atoms with Gasteiger partial charge in [-0.1, -0.05) is 0 Å². The summed E-state index contributed by atoms with van der Waals surface area (Å²) >= 11 is 0. The number of hydrogen-bond donors (Lipinski definition) is 1. The molecule has 0 amide bonds. The van der Waals surface area contributed by atoms with Crippen molar-refractivity contribution in [2.24, 2.45) is 0 Å². The van der Waals surface area contributed by atoms with Crippen LogP contribution < -0.4 is 9.47 Å². The van der Waals surface area contributed by atoms with Crippen LogP contribution in [0.15, 0.2) is 12.1 Å². The van der Waals surface area contributed by atoms with Gasteiger partial charge in [0.25, 0.3) is 0 Å². The van der Waals surface area contributed by atoms with Crippen LogP contribution in [0.25, 0.3) is 0 Å². The lowest BCUT2D eigenvalue weighted by molar-refractivity contribution is -0.0586. The Kier molecular flexibility index (Phi) is 3.70. The van der Waals surface area contributed by atoms with Crippen LogP contribution in [0, 0.1) is 6.92 Å². The number of halogens is 2. The molecule has 0 aliphatic rings. The van der Waals surface area contributed by atoms with Crippen LogP contribution in [-0.2, 0) is 5.92 Å². The van der Waals surface area contributed by atoms with Crippen molar-refractivity contribution in [2.75, 3.05) is 20.8 Å². The number of aliphatic hydroxyl groups excluding tert-OH is 1. The zero-order chi connectivity index (χ0) is 12.3. The maximum Gasteiger partial charge on any atom is 0.302 e. The van der Waals surface area contributed by atoms with Gasteiger partial charge in [0.2, 0.25) is 0 Å². The standard InChI is InChI=1S/C11H14F2O3/c1-7-4-8(15-2)10(9(5-7)16-3)11(12,13)6-14/h4-5,14H,6H2,1-3H3. The van der Waals surface area contributed by atoms with Gasteiger partial charge in [0.05, 0.1) is 14.2 Å². The molecule has 0 radical (unpaired) electrons. The van der Waals surface area contributed by atoms with Gasteiger partial charge in [0.15, 0.2) is 0 Å². The van der Waals surface area contributed by atoms with Crippen molar-refractivity contribution in [3.8, 4) is 11.5 Å². The van der Waals surface area contributed by atoms with Crippen LogP contribution in [0.3, 0.4) is 0 Å². The number of aryl methyl sites for hydroxylation is 1. The Hall–Kier alpha value is -1.36. The van der Waals surface area contributed by atoms with Gasteiger partial charge in [-0.25, -0.2) is 0 Å². The largest absolute Gasteiger partial charge is 0.496 e. The summed E-state index contributed by atoms with van der Waals surface area (Å²) in [5, 5.41) is 8.70. The molecule has 0 spiro atoms. The Labute approximate surface area is 92.6 Å². The normalized spacial score (nSPS) is 11.4. The highest BCUT2D eigenvalue weighted by atomic mass is 19.3. The maximum atomic E-state index is 13.5. The van der Waals surface area contributed by atoms with E-state index in [1.807, 2.05) is 0 Å². The molecule has 16 heavy (non-hydrogen) atoms. The summed E-state index contributed by atoms with van der Waals surface area (Å²) in [6, 6.07) is 2.95. The molecule has 1 aromatic carbocycles. The Bertz CT molecular complexity index is 352. The summed E-state index contributed by atoms with van der Waals surface area (Å²) in [5.41, 5.74) is 0.316. The number of benzene rings is 1. The lowest BCUT2D eigenvalue weighted by Gasteiger charge is -2.20. The molecule has 0 saturated carbocycles. The van der Waals surface area contributed by atoms with E-state index in [1.165, 1.54) is 26.4 Å². The van der Waals surface area contributed by atoms with Crippen molar-refractivity contribution in [2.45, 2.75) is 12.8 Å². The molecule has 0 fully saturated rings. The van der Waals surface area contributed by atoms with Gasteiger partial charge in [-0.2, -0.15) is 8.78 Å². The molecule has 0 atom stereocenters. The van der Waals surface area contributed by atoms with Crippen LogP contribution in [0.5, 0.6) is 11.5 Å². The van der Waals surface area contributed by atoms with E-state index in [2.05, 4.69) is 0 Å². The monoisotopic (exact) mass is 232 g/mol. The van der Waals surface area contributed by atoms with Gasteiger partial charge >= 0.3 is 5.92 Å². The van der Waals surface area contributed by atoms with Crippen LogP contribution in [0.2, 0.25) is 0 Å². The molecule has 0 heterocycles. The highest BCUT2D eigenvalue weighted by Gasteiger charge is 2.37. The summed E-state index contributed by atoms with van der Waals surface area (Å²) in [4.78, 5) is 0. The van der Waals surface area contributed by atoms with Gasteiger partial charge in [-0.05, 0) is 24.6 Å². The second-order valence-electron chi connectivity index (χ2n) is 3.41. The number of methoxy groups -OCH3 is 2. The first-order chi connectivity index (χ1) is 7.46. The van der Waals surface area contributed by atoms with Crippen molar-refractivity contribution in [1.82, 2.24) is 0 Å². The fraction of sp³-hybridized carbons (Fsp3) is 0.455. The Morgan fingerprint density at radius 2 is 1.62 bits per heavy atom. The fourth-order valence-corrected chi connectivity index (χ4v) is 1.48. The second-order valence-corrected chi connectivity index (χ2v) is 3.41. The minimum Gasteiger partial charge on any atom is -0.496 e. The molecule has 0 bridgehead atoms. The number of aliphatic hydroxyl groups is 1. The van der Waals surface area contributed by atoms with E-state index >= 15 is 0 Å². The summed E-state index contributed by atoms with van der Waals surface area (Å²) in [6.07, 6.45) is 0. The van der Waals surface area contributed by atoms with Gasteiger partial charge in [-0.15, -0.1) is 0 Å². The zero-order valence-electron chi connectivity index (χ0n) is 9.38. The first-order valence-electron chi connectivity index (χ1n) is 4.68. The van der Waals surface area contributed by atoms with E-state index < -0.39 is 18.1 Å². The first-order valence-corrected chi connectivity index (χ1v) is 4.68. The minimum absolute atomic E-state index is 0.0101. The molecule has 0 aliphatic heterocycles. The molecular weight excluding hydrogens is 218 g/mol. The summed E-state index contributed by atoms with van der Waals surface area (Å²) < 4.78 is 36.8. The summed E-state index contributed by atoms with van der Waals surface area (Å²) in [5.74, 6) is -3.36. The maximum absolute atomic E-state index is 13.5. The fourth-order valence-electron chi connectivity index (χ4n) is 1.48. The first kappa shape index (κ1) is 12.7. The lowest BCUT2D eigenvalue weighted by atomic mass is 10.0. The highest BCUT2D eigenvalue weighted by Crippen LogP contribution is 2.41. The number of hydrogen-bond acceptors (Lipinski definition) is 3. The van der Waals surface area contributed by atoms with E-state index in [9.17, 15) is 8.78 Å². The Morgan fingerprint density at radius 3 is 1.94 bits per heavy atom. The Balaban J connectivity index is 3.44. The summed E-state index contributed by atoms with van der Waals surface area (Å²) in [7, 11) is 2.59. The third-order valence-corrected chi connectivity index (χ3v) is 2.21. The third kappa shape index (κ3) is 2.24. The number of rotatable bonds is 4. The number of ether oxygens (including phenoxy) is 2. The SMILES string of the molecule is COc1cc(C)cc(OC)c1C(F)(F)CO. The number of alkyl halides is 2. The van der Waals surface area contributed by atoms with E-state index in [0.717, 1.165) is 5.56 Å². The average Bonchev–Trinajstić information content (AvgIpc) is 2.27. The molecule has 1 aromatic rings. The van der Waals surface area contributed by atoms with Crippen molar-refractivity contribution < 1.29 is 23.4 Å². The minimum atomic E-state index is -3.38. The summed E-state index contributed by atoms with van der Waals surface area (Å²) in [6.45, 7) is 0.453. The van der Waals surface area contributed by atoms with Crippen LogP contribution in [0.1, 0.15) is 11.1 Å². The Morgan fingerprint density at radius 1 is 1.19 bits per heavy atom. The average molecular weight is 232 g/mol. The predicted molar refractivity (Wildman–Crippen MR) is 55.3 cm³/mol. The molecule has 5 heteroatoms. The van der Waals surface area contributed by atoms with Gasteiger partial charge < -0.3 is 14.6 Å². The van der Waals surface area contributed by atoms with Gasteiger partial charge in [0, 0.05) is 0 Å². The van der Waals surface area contributed by atoms with Crippen molar-refractivity contribution in [3.05, 3.63) is 23.3 Å².